The van der Waals surface area contributed by atoms with Gasteiger partial charge in [-0.3, -0.25) is 14.4 Å². The molecular weight excluding hydrogens is 332 g/mol. The number of nitrogens with one attached hydrogen (secondary N) is 1. The van der Waals surface area contributed by atoms with E-state index in [4.69, 9.17) is 15.6 Å². The van der Waals surface area contributed by atoms with Gasteiger partial charge in [0, 0.05) is 26.2 Å². The monoisotopic (exact) mass is 358 g/mol. The molecule has 1 saturated heterocycles. The van der Waals surface area contributed by atoms with Gasteiger partial charge in [0.25, 0.3) is 0 Å². The van der Waals surface area contributed by atoms with E-state index in [2.05, 4.69) is 5.32 Å². The number of carboxylic acids is 1. The Balaban J connectivity index is 2.69. The van der Waals surface area contributed by atoms with Crippen LogP contribution in [0.4, 0.5) is 4.79 Å². The van der Waals surface area contributed by atoms with Crippen molar-refractivity contribution in [1.29, 1.82) is 0 Å². The van der Waals surface area contributed by atoms with Gasteiger partial charge < -0.3 is 30.7 Å². The molecule has 142 valence electrons. The smallest absolute Gasteiger partial charge is 0.408 e. The summed E-state index contributed by atoms with van der Waals surface area (Å²) in [6, 6.07) is -1.23. The van der Waals surface area contributed by atoms with Crippen molar-refractivity contribution in [1.82, 2.24) is 15.1 Å². The van der Waals surface area contributed by atoms with Gasteiger partial charge in [0.05, 0.1) is 13.0 Å². The molecule has 0 aliphatic carbocycles. The number of aliphatic carboxylic acids is 1. The number of carbonyl (C=O) groups is 4. The lowest BCUT2D eigenvalue weighted by atomic mass is 10.1. The van der Waals surface area contributed by atoms with Crippen LogP contribution in [0.15, 0.2) is 0 Å². The highest BCUT2D eigenvalue weighted by Crippen LogP contribution is 2.10. The largest absolute Gasteiger partial charge is 0.481 e. The maximum absolute atomic E-state index is 12.5. The van der Waals surface area contributed by atoms with Crippen LogP contribution in [-0.2, 0) is 19.1 Å². The Labute approximate surface area is 146 Å². The zero-order valence-electron chi connectivity index (χ0n) is 14.8. The molecule has 1 heterocycles. The van der Waals surface area contributed by atoms with Crippen molar-refractivity contribution < 1.29 is 29.0 Å². The van der Waals surface area contributed by atoms with Crippen LogP contribution in [0.2, 0.25) is 0 Å². The molecule has 4 N–H and O–H groups in total. The Morgan fingerprint density at radius 3 is 2.08 bits per heavy atom. The number of nitrogens with two attached hydrogens (primary N) is 1. The maximum Gasteiger partial charge on any atom is 0.408 e. The fraction of sp³-hybridized carbons (Fsp3) is 0.733. The van der Waals surface area contributed by atoms with Crippen LogP contribution >= 0.6 is 0 Å². The molecule has 0 spiro atoms. The molecule has 0 saturated carbocycles. The summed E-state index contributed by atoms with van der Waals surface area (Å²) in [6.07, 6.45) is -1.41. The lowest BCUT2D eigenvalue weighted by Gasteiger charge is -2.36. The van der Waals surface area contributed by atoms with Crippen molar-refractivity contribution in [3.63, 3.8) is 0 Å². The van der Waals surface area contributed by atoms with E-state index < -0.39 is 36.0 Å². The van der Waals surface area contributed by atoms with Crippen molar-refractivity contribution in [3.05, 3.63) is 0 Å². The standard InChI is InChI=1S/C15H26N4O6/c1-15(2,3)25-14(24)17-10(8-12(21)22)13(23)19-6-4-18(5-7-19)11(20)9-16/h10H,4-9,16H2,1-3H3,(H,17,24)(H,21,22). The topological polar surface area (TPSA) is 142 Å². The summed E-state index contributed by atoms with van der Waals surface area (Å²) in [7, 11) is 0. The van der Waals surface area contributed by atoms with Crippen LogP contribution in [0.3, 0.4) is 0 Å². The Hall–Kier alpha value is -2.36. The maximum atomic E-state index is 12.5. The van der Waals surface area contributed by atoms with Gasteiger partial charge in [-0.2, -0.15) is 0 Å². The SMILES string of the molecule is CC(C)(C)OC(=O)NC(CC(=O)O)C(=O)N1CCN(C(=O)CN)CC1. The third-order valence-corrected chi connectivity index (χ3v) is 3.49. The highest BCUT2D eigenvalue weighted by molar-refractivity contribution is 5.89. The average Bonchev–Trinajstić information content (AvgIpc) is 2.50. The van der Waals surface area contributed by atoms with E-state index in [1.165, 1.54) is 9.80 Å². The van der Waals surface area contributed by atoms with E-state index in [-0.39, 0.29) is 25.5 Å². The second kappa shape index (κ2) is 8.65. The molecule has 0 bridgehead atoms. The molecule has 1 aliphatic heterocycles. The second-order valence-corrected chi connectivity index (χ2v) is 6.71. The minimum absolute atomic E-state index is 0.101. The first-order valence-electron chi connectivity index (χ1n) is 8.01. The van der Waals surface area contributed by atoms with Crippen LogP contribution in [-0.4, -0.2) is 83.1 Å². The number of hydrogen-bond donors (Lipinski definition) is 3. The summed E-state index contributed by atoms with van der Waals surface area (Å²) in [5, 5.41) is 11.3. The molecule has 3 amide bonds. The predicted octanol–water partition coefficient (Wildman–Crippen LogP) is -1.02. The summed E-state index contributed by atoms with van der Waals surface area (Å²) in [6.45, 7) is 6.00. The Morgan fingerprint density at radius 2 is 1.64 bits per heavy atom. The number of amides is 3. The minimum atomic E-state index is -1.23. The second-order valence-electron chi connectivity index (χ2n) is 6.71. The number of piperazine rings is 1. The van der Waals surface area contributed by atoms with Gasteiger partial charge in [-0.05, 0) is 20.8 Å². The third kappa shape index (κ3) is 6.96. The first-order valence-corrected chi connectivity index (χ1v) is 8.01. The highest BCUT2D eigenvalue weighted by atomic mass is 16.6. The van der Waals surface area contributed by atoms with Gasteiger partial charge in [0.2, 0.25) is 11.8 Å². The van der Waals surface area contributed by atoms with Gasteiger partial charge >= 0.3 is 12.1 Å². The van der Waals surface area contributed by atoms with Crippen molar-refractivity contribution in [2.75, 3.05) is 32.7 Å². The molecule has 1 aliphatic rings. The Morgan fingerprint density at radius 1 is 1.12 bits per heavy atom. The zero-order valence-corrected chi connectivity index (χ0v) is 14.8. The summed E-state index contributed by atoms with van der Waals surface area (Å²) >= 11 is 0. The molecule has 25 heavy (non-hydrogen) atoms. The van der Waals surface area contributed by atoms with Crippen LogP contribution in [0.1, 0.15) is 27.2 Å². The van der Waals surface area contributed by atoms with Gasteiger partial charge in [0.15, 0.2) is 0 Å². The average molecular weight is 358 g/mol. The van der Waals surface area contributed by atoms with E-state index in [9.17, 15) is 19.2 Å². The third-order valence-electron chi connectivity index (χ3n) is 3.49. The molecule has 0 radical (unpaired) electrons. The number of nitrogens with zero attached hydrogens (tertiary/aromatic N) is 2. The van der Waals surface area contributed by atoms with Crippen molar-refractivity contribution in [3.8, 4) is 0 Å². The molecule has 1 fully saturated rings. The summed E-state index contributed by atoms with van der Waals surface area (Å²) in [4.78, 5) is 49.9. The van der Waals surface area contributed by atoms with E-state index in [0.717, 1.165) is 0 Å². The molecule has 0 aromatic rings. The molecule has 1 atom stereocenters. The number of carboxylic acid groups (broad SMARTS) is 1. The first-order chi connectivity index (χ1) is 11.5. The first kappa shape index (κ1) is 20.7. The number of rotatable bonds is 5. The Bertz CT molecular complexity index is 523. The van der Waals surface area contributed by atoms with E-state index >= 15 is 0 Å². The molecular formula is C15H26N4O6. The van der Waals surface area contributed by atoms with E-state index in [0.29, 0.717) is 13.1 Å². The molecule has 10 heteroatoms. The normalized spacial score (nSPS) is 16.2. The number of carbonyl (C=O) groups excluding carboxylic acids is 3. The zero-order chi connectivity index (χ0) is 19.2. The van der Waals surface area contributed by atoms with Crippen LogP contribution in [0, 0.1) is 0 Å². The number of hydrogen-bond acceptors (Lipinski definition) is 6. The van der Waals surface area contributed by atoms with Crippen molar-refractivity contribution >= 4 is 23.9 Å². The lowest BCUT2D eigenvalue weighted by molar-refractivity contribution is -0.144. The van der Waals surface area contributed by atoms with Crippen LogP contribution in [0.25, 0.3) is 0 Å². The number of ether oxygens (including phenoxy) is 1. The van der Waals surface area contributed by atoms with Crippen LogP contribution < -0.4 is 11.1 Å². The van der Waals surface area contributed by atoms with E-state index in [1.807, 2.05) is 0 Å². The van der Waals surface area contributed by atoms with E-state index in [1.54, 1.807) is 20.8 Å². The van der Waals surface area contributed by atoms with Gasteiger partial charge in [-0.25, -0.2) is 4.79 Å². The van der Waals surface area contributed by atoms with Gasteiger partial charge in [-0.1, -0.05) is 0 Å². The minimum Gasteiger partial charge on any atom is -0.481 e. The Kier molecular flexibility index (Phi) is 7.16. The summed E-state index contributed by atoms with van der Waals surface area (Å²) in [5.41, 5.74) is 4.54. The predicted molar refractivity (Wildman–Crippen MR) is 87.6 cm³/mol. The molecule has 1 unspecified atom stereocenters. The van der Waals surface area contributed by atoms with Gasteiger partial charge in [0.1, 0.15) is 11.6 Å². The molecule has 10 nitrogen and oxygen atoms in total. The summed E-state index contributed by atoms with van der Waals surface area (Å²) in [5.74, 6) is -1.94. The summed E-state index contributed by atoms with van der Waals surface area (Å²) < 4.78 is 5.07. The van der Waals surface area contributed by atoms with Crippen molar-refractivity contribution in [2.24, 2.45) is 5.73 Å². The molecule has 0 aromatic carbocycles. The fourth-order valence-electron chi connectivity index (χ4n) is 2.35. The quantitative estimate of drug-likeness (QED) is 0.571. The number of alkyl carbamates (subject to hydrolysis) is 1. The van der Waals surface area contributed by atoms with Crippen LogP contribution in [0.5, 0.6) is 0 Å². The highest BCUT2D eigenvalue weighted by Gasteiger charge is 2.32. The lowest BCUT2D eigenvalue weighted by Crippen LogP contribution is -2.57. The van der Waals surface area contributed by atoms with Gasteiger partial charge in [-0.15, -0.1) is 0 Å². The molecule has 0 aromatic heterocycles. The molecule has 1 rings (SSSR count). The fourth-order valence-corrected chi connectivity index (χ4v) is 2.35. The van der Waals surface area contributed by atoms with Crippen molar-refractivity contribution in [2.45, 2.75) is 38.8 Å².